The third-order valence-corrected chi connectivity index (χ3v) is 5.36. The molecule has 0 bridgehead atoms. The van der Waals surface area contributed by atoms with Gasteiger partial charge in [-0.2, -0.15) is 0 Å². The maximum Gasteiger partial charge on any atom is 0.268 e. The third-order valence-electron chi connectivity index (χ3n) is 5.36. The number of hydrogen-bond acceptors (Lipinski definition) is 4. The minimum absolute atomic E-state index is 0.0586. The molecule has 1 saturated heterocycles. The Bertz CT molecular complexity index is 949. The Hall–Kier alpha value is -2.73. The van der Waals surface area contributed by atoms with Crippen molar-refractivity contribution in [3.05, 3.63) is 53.4 Å². The van der Waals surface area contributed by atoms with Crippen LogP contribution in [0.5, 0.6) is 5.75 Å². The van der Waals surface area contributed by atoms with Crippen molar-refractivity contribution in [2.75, 3.05) is 33.3 Å². The van der Waals surface area contributed by atoms with Crippen LogP contribution in [0.25, 0.3) is 11.1 Å². The smallest absolute Gasteiger partial charge is 0.268 e. The molecule has 2 aromatic heterocycles. The predicted molar refractivity (Wildman–Crippen MR) is 109 cm³/mol. The molecular formula is C22H27N3O3. The number of nitrogens with zero attached hydrogens (tertiary/aromatic N) is 2. The molecule has 3 heterocycles. The zero-order chi connectivity index (χ0) is 19.5. The minimum Gasteiger partial charge on any atom is -0.497 e. The summed E-state index contributed by atoms with van der Waals surface area (Å²) in [5.74, 6) is 1.60. The molecule has 4 rings (SSSR count). The zero-order valence-corrected chi connectivity index (χ0v) is 16.5. The average Bonchev–Trinajstić information content (AvgIpc) is 3.40. The number of aryl methyl sites for hydroxylation is 1. The summed E-state index contributed by atoms with van der Waals surface area (Å²) in [6.45, 7) is 6.35. The van der Waals surface area contributed by atoms with Gasteiger partial charge in [0.15, 0.2) is 5.58 Å². The molecule has 28 heavy (non-hydrogen) atoms. The van der Waals surface area contributed by atoms with Crippen LogP contribution in [0, 0.1) is 6.92 Å². The van der Waals surface area contributed by atoms with Gasteiger partial charge in [0.05, 0.1) is 12.6 Å². The summed E-state index contributed by atoms with van der Waals surface area (Å²) >= 11 is 0. The molecule has 0 unspecified atom stereocenters. The van der Waals surface area contributed by atoms with E-state index in [4.69, 9.17) is 9.15 Å². The number of nitrogens with one attached hydrogen (secondary N) is 1. The van der Waals surface area contributed by atoms with Gasteiger partial charge in [-0.25, -0.2) is 0 Å². The van der Waals surface area contributed by atoms with Crippen molar-refractivity contribution in [1.29, 1.82) is 0 Å². The molecule has 0 atom stereocenters. The molecule has 1 N–H and O–H groups in total. The topological polar surface area (TPSA) is 59.6 Å². The fourth-order valence-corrected chi connectivity index (χ4v) is 3.86. The van der Waals surface area contributed by atoms with Crippen molar-refractivity contribution in [2.24, 2.45) is 0 Å². The van der Waals surface area contributed by atoms with Gasteiger partial charge in [-0.1, -0.05) is 12.1 Å². The SMILES string of the molecule is COc1ccc(Cn2c(C(=O)NCCN3CCCC3)cc3oc(C)cc32)cc1. The standard InChI is InChI=1S/C22H27N3O3/c1-16-13-19-21(28-16)14-20(22(26)23-9-12-24-10-3-4-11-24)25(19)15-17-5-7-18(27-2)8-6-17/h5-8,13-14H,3-4,9-12,15H2,1-2H3,(H,23,26). The Morgan fingerprint density at radius 1 is 1.18 bits per heavy atom. The number of benzene rings is 1. The van der Waals surface area contributed by atoms with Crippen molar-refractivity contribution in [3.63, 3.8) is 0 Å². The fraction of sp³-hybridized carbons (Fsp3) is 0.409. The van der Waals surface area contributed by atoms with Crippen LogP contribution >= 0.6 is 0 Å². The van der Waals surface area contributed by atoms with Gasteiger partial charge in [-0.15, -0.1) is 0 Å². The Kier molecular flexibility index (Phi) is 5.39. The molecule has 1 aromatic carbocycles. The highest BCUT2D eigenvalue weighted by molar-refractivity contribution is 5.97. The number of likely N-dealkylation sites (tertiary alicyclic amines) is 1. The first-order valence-electron chi connectivity index (χ1n) is 9.87. The number of rotatable bonds is 7. The van der Waals surface area contributed by atoms with Gasteiger partial charge in [0, 0.05) is 31.8 Å². The number of aromatic nitrogens is 1. The van der Waals surface area contributed by atoms with Gasteiger partial charge in [0.2, 0.25) is 0 Å². The summed E-state index contributed by atoms with van der Waals surface area (Å²) < 4.78 is 13.0. The summed E-state index contributed by atoms with van der Waals surface area (Å²) in [6, 6.07) is 11.7. The molecule has 0 radical (unpaired) electrons. The Labute approximate surface area is 165 Å². The zero-order valence-electron chi connectivity index (χ0n) is 16.5. The normalized spacial score (nSPS) is 14.6. The second-order valence-electron chi connectivity index (χ2n) is 7.37. The van der Waals surface area contributed by atoms with E-state index >= 15 is 0 Å². The van der Waals surface area contributed by atoms with Gasteiger partial charge in [0.25, 0.3) is 5.91 Å². The van der Waals surface area contributed by atoms with Gasteiger partial charge in [-0.05, 0) is 50.6 Å². The monoisotopic (exact) mass is 381 g/mol. The van der Waals surface area contributed by atoms with E-state index in [2.05, 4.69) is 10.2 Å². The van der Waals surface area contributed by atoms with Crippen LogP contribution in [-0.2, 0) is 6.54 Å². The number of hydrogen-bond donors (Lipinski definition) is 1. The summed E-state index contributed by atoms with van der Waals surface area (Å²) in [7, 11) is 1.66. The van der Waals surface area contributed by atoms with Crippen LogP contribution < -0.4 is 10.1 Å². The molecule has 0 aliphatic carbocycles. The maximum absolute atomic E-state index is 12.9. The summed E-state index contributed by atoms with van der Waals surface area (Å²) in [5, 5.41) is 3.07. The Morgan fingerprint density at radius 2 is 1.93 bits per heavy atom. The van der Waals surface area contributed by atoms with Crippen molar-refractivity contribution < 1.29 is 13.9 Å². The van der Waals surface area contributed by atoms with Crippen molar-refractivity contribution in [3.8, 4) is 5.75 Å². The van der Waals surface area contributed by atoms with Crippen molar-refractivity contribution in [2.45, 2.75) is 26.3 Å². The lowest BCUT2D eigenvalue weighted by molar-refractivity contribution is 0.0941. The predicted octanol–water partition coefficient (Wildman–Crippen LogP) is 3.43. The number of furan rings is 1. The molecule has 6 heteroatoms. The van der Waals surface area contributed by atoms with E-state index in [-0.39, 0.29) is 5.91 Å². The third kappa shape index (κ3) is 3.92. The van der Waals surface area contributed by atoms with E-state index in [1.54, 1.807) is 7.11 Å². The van der Waals surface area contributed by atoms with Crippen LogP contribution in [0.15, 0.2) is 40.8 Å². The summed E-state index contributed by atoms with van der Waals surface area (Å²) in [4.78, 5) is 15.3. The lowest BCUT2D eigenvalue weighted by Crippen LogP contribution is -2.34. The molecule has 1 fully saturated rings. The number of fused-ring (bicyclic) bond motifs is 1. The molecule has 1 aliphatic heterocycles. The first kappa shape index (κ1) is 18.6. The lowest BCUT2D eigenvalue weighted by atomic mass is 10.2. The van der Waals surface area contributed by atoms with Gasteiger partial charge in [-0.3, -0.25) is 4.79 Å². The fourth-order valence-electron chi connectivity index (χ4n) is 3.86. The highest BCUT2D eigenvalue weighted by atomic mass is 16.5. The molecule has 1 amide bonds. The Balaban J connectivity index is 1.53. The highest BCUT2D eigenvalue weighted by Crippen LogP contribution is 2.25. The van der Waals surface area contributed by atoms with Crippen molar-refractivity contribution >= 4 is 17.0 Å². The van der Waals surface area contributed by atoms with E-state index in [0.717, 1.165) is 47.8 Å². The molecule has 3 aromatic rings. The first-order chi connectivity index (χ1) is 13.6. The van der Waals surface area contributed by atoms with E-state index in [1.807, 2.05) is 47.9 Å². The first-order valence-corrected chi connectivity index (χ1v) is 9.87. The largest absolute Gasteiger partial charge is 0.497 e. The second-order valence-corrected chi connectivity index (χ2v) is 7.37. The van der Waals surface area contributed by atoms with Crippen molar-refractivity contribution in [1.82, 2.24) is 14.8 Å². The van der Waals surface area contributed by atoms with Gasteiger partial charge < -0.3 is 23.9 Å². The summed E-state index contributed by atoms with van der Waals surface area (Å²) in [6.07, 6.45) is 2.52. The van der Waals surface area contributed by atoms with E-state index in [0.29, 0.717) is 18.8 Å². The second kappa shape index (κ2) is 8.10. The highest BCUT2D eigenvalue weighted by Gasteiger charge is 2.19. The van der Waals surface area contributed by atoms with Gasteiger partial charge >= 0.3 is 0 Å². The van der Waals surface area contributed by atoms with Crippen LogP contribution in [0.2, 0.25) is 0 Å². The molecule has 6 nitrogen and oxygen atoms in total. The molecule has 1 aliphatic rings. The van der Waals surface area contributed by atoms with Crippen LogP contribution in [0.1, 0.15) is 34.7 Å². The number of carbonyl (C=O) groups excluding carboxylic acids is 1. The van der Waals surface area contributed by atoms with Crippen LogP contribution in [0.3, 0.4) is 0 Å². The lowest BCUT2D eigenvalue weighted by Gasteiger charge is -2.15. The quantitative estimate of drug-likeness (QED) is 0.681. The number of methoxy groups -OCH3 is 1. The number of amides is 1. The van der Waals surface area contributed by atoms with Crippen LogP contribution in [-0.4, -0.2) is 48.7 Å². The van der Waals surface area contributed by atoms with E-state index in [1.165, 1.54) is 12.8 Å². The van der Waals surface area contributed by atoms with Crippen LogP contribution in [0.4, 0.5) is 0 Å². The molecular weight excluding hydrogens is 354 g/mol. The van der Waals surface area contributed by atoms with E-state index in [9.17, 15) is 4.79 Å². The summed E-state index contributed by atoms with van der Waals surface area (Å²) in [5.41, 5.74) is 3.42. The average molecular weight is 381 g/mol. The van der Waals surface area contributed by atoms with Gasteiger partial charge in [0.1, 0.15) is 17.2 Å². The number of ether oxygens (including phenoxy) is 1. The molecule has 0 spiro atoms. The van der Waals surface area contributed by atoms with E-state index < -0.39 is 0 Å². The maximum atomic E-state index is 12.9. The molecule has 0 saturated carbocycles. The number of carbonyl (C=O) groups is 1. The minimum atomic E-state index is -0.0586. The molecule has 148 valence electrons. The Morgan fingerprint density at radius 3 is 2.64 bits per heavy atom.